The number of furan rings is 1. The van der Waals surface area contributed by atoms with Crippen LogP contribution in [0, 0.1) is 5.92 Å². The molecule has 4 heteroatoms. The Morgan fingerprint density at radius 2 is 2.21 bits per heavy atom. The van der Waals surface area contributed by atoms with E-state index >= 15 is 0 Å². The second-order valence-electron chi connectivity index (χ2n) is 3.82. The van der Waals surface area contributed by atoms with Crippen LogP contribution in [0.5, 0.6) is 0 Å². The van der Waals surface area contributed by atoms with E-state index in [0.29, 0.717) is 5.92 Å². The molecule has 0 aromatic carbocycles. The van der Waals surface area contributed by atoms with Crippen LogP contribution in [-0.2, 0) is 0 Å². The third-order valence-corrected chi connectivity index (χ3v) is 2.85. The maximum absolute atomic E-state index is 5.49. The van der Waals surface area contributed by atoms with Gasteiger partial charge in [-0.3, -0.25) is 5.84 Å². The number of hydrogen-bond acceptors (Lipinski definition) is 3. The van der Waals surface area contributed by atoms with Gasteiger partial charge in [-0.25, -0.2) is 5.43 Å². The van der Waals surface area contributed by atoms with Crippen LogP contribution < -0.4 is 11.3 Å². The minimum absolute atomic E-state index is 0.0989. The van der Waals surface area contributed by atoms with Gasteiger partial charge in [-0.15, -0.1) is 0 Å². The first-order valence-corrected chi connectivity index (χ1v) is 5.63. The van der Waals surface area contributed by atoms with Crippen molar-refractivity contribution in [2.24, 2.45) is 11.8 Å². The molecule has 1 atom stereocenters. The fourth-order valence-electron chi connectivity index (χ4n) is 1.34. The van der Waals surface area contributed by atoms with Crippen LogP contribution in [0.4, 0.5) is 0 Å². The predicted octanol–water partition coefficient (Wildman–Crippen LogP) is 2.98. The standard InChI is InChI=1S/C10H17BrN2O/c1-7(2)3-4-9(13-12)10-8(11)5-6-14-10/h5-7,9,13H,3-4,12H2,1-2H3. The van der Waals surface area contributed by atoms with Crippen molar-refractivity contribution in [2.45, 2.75) is 32.7 Å². The first-order chi connectivity index (χ1) is 6.65. The number of rotatable bonds is 5. The number of nitrogens with one attached hydrogen (secondary N) is 1. The van der Waals surface area contributed by atoms with Crippen LogP contribution >= 0.6 is 15.9 Å². The highest BCUT2D eigenvalue weighted by atomic mass is 79.9. The fourth-order valence-corrected chi connectivity index (χ4v) is 1.82. The Morgan fingerprint density at radius 3 is 2.64 bits per heavy atom. The zero-order valence-electron chi connectivity index (χ0n) is 8.59. The van der Waals surface area contributed by atoms with E-state index in [-0.39, 0.29) is 6.04 Å². The Bertz CT molecular complexity index is 273. The van der Waals surface area contributed by atoms with E-state index in [9.17, 15) is 0 Å². The molecule has 0 amide bonds. The van der Waals surface area contributed by atoms with Crippen molar-refractivity contribution >= 4 is 15.9 Å². The molecule has 0 saturated carbocycles. The summed E-state index contributed by atoms with van der Waals surface area (Å²) in [5.74, 6) is 7.05. The molecule has 3 nitrogen and oxygen atoms in total. The highest BCUT2D eigenvalue weighted by molar-refractivity contribution is 9.10. The van der Waals surface area contributed by atoms with E-state index in [1.165, 1.54) is 0 Å². The van der Waals surface area contributed by atoms with Crippen LogP contribution in [0.1, 0.15) is 38.5 Å². The van der Waals surface area contributed by atoms with Gasteiger partial charge in [0.25, 0.3) is 0 Å². The summed E-state index contributed by atoms with van der Waals surface area (Å²) in [6, 6.07) is 1.98. The van der Waals surface area contributed by atoms with Crippen LogP contribution in [0.2, 0.25) is 0 Å². The summed E-state index contributed by atoms with van der Waals surface area (Å²) < 4.78 is 6.34. The summed E-state index contributed by atoms with van der Waals surface area (Å²) in [5, 5.41) is 0. The number of hydrazine groups is 1. The molecule has 14 heavy (non-hydrogen) atoms. The zero-order valence-corrected chi connectivity index (χ0v) is 10.2. The molecule has 1 unspecified atom stereocenters. The molecule has 0 aliphatic heterocycles. The van der Waals surface area contributed by atoms with E-state index in [1.807, 2.05) is 6.07 Å². The lowest BCUT2D eigenvalue weighted by molar-refractivity contribution is 0.374. The molecule has 0 aliphatic rings. The molecule has 3 N–H and O–H groups in total. The van der Waals surface area contributed by atoms with Crippen molar-refractivity contribution in [1.29, 1.82) is 0 Å². The number of hydrogen-bond donors (Lipinski definition) is 2. The molecule has 0 bridgehead atoms. The first-order valence-electron chi connectivity index (χ1n) is 4.84. The summed E-state index contributed by atoms with van der Waals surface area (Å²) >= 11 is 3.43. The predicted molar refractivity (Wildman–Crippen MR) is 60.5 cm³/mol. The Balaban J connectivity index is 2.58. The summed E-state index contributed by atoms with van der Waals surface area (Å²) in [6.07, 6.45) is 3.78. The molecular formula is C10H17BrN2O. The summed E-state index contributed by atoms with van der Waals surface area (Å²) in [5.41, 5.74) is 2.78. The van der Waals surface area contributed by atoms with Crippen LogP contribution in [-0.4, -0.2) is 0 Å². The Morgan fingerprint density at radius 1 is 1.50 bits per heavy atom. The Hall–Kier alpha value is -0.320. The molecule has 1 aromatic rings. The van der Waals surface area contributed by atoms with E-state index < -0.39 is 0 Å². The molecule has 0 fully saturated rings. The lowest BCUT2D eigenvalue weighted by atomic mass is 10.0. The van der Waals surface area contributed by atoms with E-state index in [0.717, 1.165) is 23.1 Å². The maximum Gasteiger partial charge on any atom is 0.136 e. The van der Waals surface area contributed by atoms with Gasteiger partial charge in [0.15, 0.2) is 0 Å². The Labute approximate surface area is 93.1 Å². The molecule has 0 spiro atoms. The van der Waals surface area contributed by atoms with E-state index in [1.54, 1.807) is 6.26 Å². The molecule has 0 radical (unpaired) electrons. The maximum atomic E-state index is 5.49. The van der Waals surface area contributed by atoms with Gasteiger partial charge in [0.05, 0.1) is 16.8 Å². The minimum atomic E-state index is 0.0989. The molecule has 0 saturated heterocycles. The van der Waals surface area contributed by atoms with Crippen molar-refractivity contribution in [2.75, 3.05) is 0 Å². The van der Waals surface area contributed by atoms with Crippen molar-refractivity contribution in [3.63, 3.8) is 0 Å². The normalized spacial score (nSPS) is 13.5. The summed E-state index contributed by atoms with van der Waals surface area (Å²) in [6.45, 7) is 4.40. The van der Waals surface area contributed by atoms with Gasteiger partial charge in [0.2, 0.25) is 0 Å². The lowest BCUT2D eigenvalue weighted by Crippen LogP contribution is -2.28. The topological polar surface area (TPSA) is 51.2 Å². The van der Waals surface area contributed by atoms with Crippen LogP contribution in [0.25, 0.3) is 0 Å². The summed E-state index contributed by atoms with van der Waals surface area (Å²) in [4.78, 5) is 0. The van der Waals surface area contributed by atoms with Crippen molar-refractivity contribution in [1.82, 2.24) is 5.43 Å². The van der Waals surface area contributed by atoms with Gasteiger partial charge in [0, 0.05) is 0 Å². The molecule has 1 rings (SSSR count). The minimum Gasteiger partial charge on any atom is -0.466 e. The van der Waals surface area contributed by atoms with E-state index in [4.69, 9.17) is 10.3 Å². The highest BCUT2D eigenvalue weighted by Crippen LogP contribution is 2.27. The van der Waals surface area contributed by atoms with Gasteiger partial charge < -0.3 is 4.42 Å². The molecule has 1 heterocycles. The van der Waals surface area contributed by atoms with Gasteiger partial charge in [-0.1, -0.05) is 13.8 Å². The van der Waals surface area contributed by atoms with Crippen molar-refractivity contribution < 1.29 is 4.42 Å². The van der Waals surface area contributed by atoms with Crippen molar-refractivity contribution in [3.8, 4) is 0 Å². The first kappa shape index (κ1) is 11.8. The fraction of sp³-hybridized carbons (Fsp3) is 0.600. The molecule has 1 aromatic heterocycles. The number of nitrogens with two attached hydrogens (primary N) is 1. The van der Waals surface area contributed by atoms with Gasteiger partial charge in [-0.05, 0) is 40.8 Å². The van der Waals surface area contributed by atoms with Crippen LogP contribution in [0.15, 0.2) is 21.2 Å². The third-order valence-electron chi connectivity index (χ3n) is 2.20. The van der Waals surface area contributed by atoms with E-state index in [2.05, 4.69) is 35.2 Å². The average Bonchev–Trinajstić information content (AvgIpc) is 2.53. The average molecular weight is 261 g/mol. The second-order valence-corrected chi connectivity index (χ2v) is 4.68. The van der Waals surface area contributed by atoms with Crippen molar-refractivity contribution in [3.05, 3.63) is 22.6 Å². The molecular weight excluding hydrogens is 244 g/mol. The largest absolute Gasteiger partial charge is 0.466 e. The van der Waals surface area contributed by atoms with Crippen LogP contribution in [0.3, 0.4) is 0 Å². The van der Waals surface area contributed by atoms with Gasteiger partial charge >= 0.3 is 0 Å². The second kappa shape index (κ2) is 5.53. The van der Waals surface area contributed by atoms with Gasteiger partial charge in [-0.2, -0.15) is 0 Å². The third kappa shape index (κ3) is 3.12. The monoisotopic (exact) mass is 260 g/mol. The quantitative estimate of drug-likeness (QED) is 0.632. The Kier molecular flexibility index (Phi) is 4.65. The number of halogens is 1. The zero-order chi connectivity index (χ0) is 10.6. The highest BCUT2D eigenvalue weighted by Gasteiger charge is 2.16. The summed E-state index contributed by atoms with van der Waals surface area (Å²) in [7, 11) is 0. The molecule has 0 aliphatic carbocycles. The van der Waals surface area contributed by atoms with Gasteiger partial charge in [0.1, 0.15) is 5.76 Å². The SMILES string of the molecule is CC(C)CCC(NN)c1occc1Br. The molecule has 80 valence electrons. The smallest absolute Gasteiger partial charge is 0.136 e. The lowest BCUT2D eigenvalue weighted by Gasteiger charge is -2.15.